The van der Waals surface area contributed by atoms with E-state index in [2.05, 4.69) is 43.3 Å². The molecule has 0 saturated heterocycles. The Balaban J connectivity index is 1.82. The molecule has 0 fully saturated rings. The number of benzene rings is 1. The molecule has 1 aromatic carbocycles. The van der Waals surface area contributed by atoms with Crippen molar-refractivity contribution in [3.05, 3.63) is 74.8 Å². The number of hydrogen-bond donors (Lipinski definition) is 2. The molecule has 0 atom stereocenters. The molecular formula is C26H28N4O2S. The molecule has 7 heteroatoms. The Morgan fingerprint density at radius 3 is 2.24 bits per heavy atom. The lowest BCUT2D eigenvalue weighted by Gasteiger charge is -2.21. The lowest BCUT2D eigenvalue weighted by Crippen LogP contribution is -2.29. The summed E-state index contributed by atoms with van der Waals surface area (Å²) in [6, 6.07) is 11.3. The molecule has 0 aliphatic heterocycles. The number of hydrogen-bond acceptors (Lipinski definition) is 4. The molecule has 0 unspecified atom stereocenters. The molecule has 0 aliphatic rings. The standard InChI is InChI=1S/C26H28N4O2S/c1-15(2)18-8-6-9-19(16(3)4)22(18)28-26(32)29-23-21(17-11-13-33-14-17)20-10-7-12-27-24(20)30(5)25(23)31/h6-16H,1-5H3,(H2,28,29,32). The van der Waals surface area contributed by atoms with Gasteiger partial charge in [0.05, 0.1) is 0 Å². The van der Waals surface area contributed by atoms with Crippen molar-refractivity contribution in [3.8, 4) is 11.1 Å². The van der Waals surface area contributed by atoms with Crippen molar-refractivity contribution in [1.29, 1.82) is 0 Å². The number of urea groups is 1. The highest BCUT2D eigenvalue weighted by Crippen LogP contribution is 2.35. The molecule has 3 heterocycles. The molecule has 33 heavy (non-hydrogen) atoms. The molecule has 0 bridgehead atoms. The van der Waals surface area contributed by atoms with E-state index in [-0.39, 0.29) is 23.1 Å². The molecule has 0 radical (unpaired) electrons. The minimum Gasteiger partial charge on any atom is -0.307 e. The third kappa shape index (κ3) is 4.28. The smallest absolute Gasteiger partial charge is 0.307 e. The van der Waals surface area contributed by atoms with Crippen LogP contribution in [0.5, 0.6) is 0 Å². The minimum atomic E-state index is -0.443. The third-order valence-corrected chi connectivity index (χ3v) is 6.49. The van der Waals surface area contributed by atoms with Gasteiger partial charge in [-0.2, -0.15) is 11.3 Å². The second kappa shape index (κ2) is 9.19. The zero-order valence-corrected chi connectivity index (χ0v) is 20.3. The van der Waals surface area contributed by atoms with Gasteiger partial charge < -0.3 is 10.6 Å². The van der Waals surface area contributed by atoms with E-state index in [1.54, 1.807) is 13.2 Å². The SMILES string of the molecule is CC(C)c1cccc(C(C)C)c1NC(=O)Nc1c(-c2ccsc2)c2cccnc2n(C)c1=O. The summed E-state index contributed by atoms with van der Waals surface area (Å²) >= 11 is 1.54. The largest absolute Gasteiger partial charge is 0.323 e. The van der Waals surface area contributed by atoms with Crippen LogP contribution in [0, 0.1) is 0 Å². The van der Waals surface area contributed by atoms with Gasteiger partial charge in [-0.15, -0.1) is 0 Å². The zero-order chi connectivity index (χ0) is 23.7. The van der Waals surface area contributed by atoms with E-state index < -0.39 is 6.03 Å². The van der Waals surface area contributed by atoms with Crippen LogP contribution in [-0.2, 0) is 7.05 Å². The normalized spacial score (nSPS) is 11.4. The Morgan fingerprint density at radius 1 is 0.970 bits per heavy atom. The molecular weight excluding hydrogens is 432 g/mol. The molecule has 4 rings (SSSR count). The fraction of sp³-hybridized carbons (Fsp3) is 0.269. The highest BCUT2D eigenvalue weighted by Gasteiger charge is 2.21. The minimum absolute atomic E-state index is 0.236. The highest BCUT2D eigenvalue weighted by atomic mass is 32.1. The molecule has 0 spiro atoms. The number of carbonyl (C=O) groups is 1. The van der Waals surface area contributed by atoms with Gasteiger partial charge in [-0.25, -0.2) is 9.78 Å². The summed E-state index contributed by atoms with van der Waals surface area (Å²) < 4.78 is 1.47. The number of thiophene rings is 1. The van der Waals surface area contributed by atoms with Crippen LogP contribution in [0.4, 0.5) is 16.2 Å². The van der Waals surface area contributed by atoms with Crippen molar-refractivity contribution in [2.75, 3.05) is 10.6 Å². The molecule has 2 N–H and O–H groups in total. The van der Waals surface area contributed by atoms with Crippen LogP contribution in [0.25, 0.3) is 22.2 Å². The number of rotatable bonds is 5. The average Bonchev–Trinajstić information content (AvgIpc) is 3.31. The Morgan fingerprint density at radius 2 is 1.64 bits per heavy atom. The summed E-state index contributed by atoms with van der Waals surface area (Å²) in [6.07, 6.45) is 1.66. The van der Waals surface area contributed by atoms with Crippen molar-refractivity contribution in [3.63, 3.8) is 0 Å². The summed E-state index contributed by atoms with van der Waals surface area (Å²) in [4.78, 5) is 31.0. The van der Waals surface area contributed by atoms with Gasteiger partial charge in [-0.3, -0.25) is 9.36 Å². The van der Waals surface area contributed by atoms with Gasteiger partial charge in [0.2, 0.25) is 0 Å². The fourth-order valence-electron chi connectivity index (χ4n) is 4.14. The Kier molecular flexibility index (Phi) is 6.33. The van der Waals surface area contributed by atoms with Gasteiger partial charge in [0.15, 0.2) is 0 Å². The second-order valence-corrected chi connectivity index (χ2v) is 9.48. The Bertz CT molecular complexity index is 1350. The number of fused-ring (bicyclic) bond motifs is 1. The molecule has 2 amide bonds. The maximum atomic E-state index is 13.3. The van der Waals surface area contributed by atoms with Crippen molar-refractivity contribution in [1.82, 2.24) is 9.55 Å². The first-order chi connectivity index (χ1) is 15.8. The van der Waals surface area contributed by atoms with E-state index in [1.807, 2.05) is 47.2 Å². The first-order valence-corrected chi connectivity index (χ1v) is 11.9. The lowest BCUT2D eigenvalue weighted by atomic mass is 9.93. The fourth-order valence-corrected chi connectivity index (χ4v) is 4.79. The second-order valence-electron chi connectivity index (χ2n) is 8.70. The molecule has 4 aromatic rings. The van der Waals surface area contributed by atoms with Gasteiger partial charge in [0, 0.05) is 29.9 Å². The molecule has 170 valence electrons. The van der Waals surface area contributed by atoms with E-state index in [0.717, 1.165) is 27.8 Å². The number of carbonyl (C=O) groups excluding carboxylic acids is 1. The zero-order valence-electron chi connectivity index (χ0n) is 19.5. The molecule has 0 saturated carbocycles. The number of para-hydroxylation sites is 1. The van der Waals surface area contributed by atoms with Crippen LogP contribution in [0.3, 0.4) is 0 Å². The van der Waals surface area contributed by atoms with Crippen LogP contribution >= 0.6 is 11.3 Å². The van der Waals surface area contributed by atoms with E-state index >= 15 is 0 Å². The Labute approximate surface area is 197 Å². The topological polar surface area (TPSA) is 76.0 Å². The van der Waals surface area contributed by atoms with Crippen molar-refractivity contribution in [2.45, 2.75) is 39.5 Å². The summed E-state index contributed by atoms with van der Waals surface area (Å²) in [6.45, 7) is 8.40. The number of amides is 2. The third-order valence-electron chi connectivity index (χ3n) is 5.80. The van der Waals surface area contributed by atoms with E-state index in [0.29, 0.717) is 11.2 Å². The first kappa shape index (κ1) is 22.7. The van der Waals surface area contributed by atoms with Gasteiger partial charge >= 0.3 is 6.03 Å². The van der Waals surface area contributed by atoms with E-state index in [9.17, 15) is 9.59 Å². The van der Waals surface area contributed by atoms with Crippen LogP contribution in [0.1, 0.15) is 50.7 Å². The summed E-state index contributed by atoms with van der Waals surface area (Å²) in [5, 5.41) is 10.6. The van der Waals surface area contributed by atoms with E-state index in [1.165, 1.54) is 15.9 Å². The van der Waals surface area contributed by atoms with Crippen molar-refractivity contribution in [2.24, 2.45) is 7.05 Å². The van der Waals surface area contributed by atoms with Crippen molar-refractivity contribution < 1.29 is 4.79 Å². The monoisotopic (exact) mass is 460 g/mol. The number of pyridine rings is 2. The number of nitrogens with one attached hydrogen (secondary N) is 2. The summed E-state index contributed by atoms with van der Waals surface area (Å²) in [5.41, 5.74) is 4.98. The van der Waals surface area contributed by atoms with Crippen molar-refractivity contribution >= 4 is 39.8 Å². The summed E-state index contributed by atoms with van der Waals surface area (Å²) in [7, 11) is 1.67. The number of anilines is 2. The van der Waals surface area contributed by atoms with E-state index in [4.69, 9.17) is 0 Å². The maximum absolute atomic E-state index is 13.3. The number of aromatic nitrogens is 2. The van der Waals surface area contributed by atoms with Crippen LogP contribution in [0.2, 0.25) is 0 Å². The maximum Gasteiger partial charge on any atom is 0.323 e. The van der Waals surface area contributed by atoms with Crippen LogP contribution in [-0.4, -0.2) is 15.6 Å². The lowest BCUT2D eigenvalue weighted by molar-refractivity contribution is 0.262. The number of nitrogens with zero attached hydrogens (tertiary/aromatic N) is 2. The average molecular weight is 461 g/mol. The summed E-state index contributed by atoms with van der Waals surface area (Å²) in [5.74, 6) is 0.472. The van der Waals surface area contributed by atoms with Gasteiger partial charge in [-0.05, 0) is 57.5 Å². The van der Waals surface area contributed by atoms with Crippen LogP contribution in [0.15, 0.2) is 58.1 Å². The quantitative estimate of drug-likeness (QED) is 0.354. The van der Waals surface area contributed by atoms with Gasteiger partial charge in [0.1, 0.15) is 11.3 Å². The van der Waals surface area contributed by atoms with Gasteiger partial charge in [0.25, 0.3) is 5.56 Å². The van der Waals surface area contributed by atoms with Gasteiger partial charge in [-0.1, -0.05) is 45.9 Å². The molecule has 6 nitrogen and oxygen atoms in total. The predicted molar refractivity (Wildman–Crippen MR) is 138 cm³/mol. The molecule has 0 aliphatic carbocycles. The first-order valence-electron chi connectivity index (χ1n) is 11.0. The number of aryl methyl sites for hydroxylation is 1. The Hall–Kier alpha value is -3.45. The van der Waals surface area contributed by atoms with Crippen LogP contribution < -0.4 is 16.2 Å². The highest BCUT2D eigenvalue weighted by molar-refractivity contribution is 7.08. The molecule has 3 aromatic heterocycles. The predicted octanol–water partition coefficient (Wildman–Crippen LogP) is 6.55.